The van der Waals surface area contributed by atoms with Gasteiger partial charge in [0.25, 0.3) is 0 Å². The molecule has 1 unspecified atom stereocenters. The Hall–Kier alpha value is -2.46. The number of aliphatic hydroxyl groups is 1. The summed E-state index contributed by atoms with van der Waals surface area (Å²) < 4.78 is 71.6. The molecule has 3 aliphatic rings. The molecule has 4 N–H and O–H groups in total. The Morgan fingerprint density at radius 2 is 1.95 bits per heavy atom. The van der Waals surface area contributed by atoms with Crippen molar-refractivity contribution in [2.45, 2.75) is 46.8 Å². The molecule has 40 heavy (non-hydrogen) atoms. The summed E-state index contributed by atoms with van der Waals surface area (Å²) >= 11 is 0. The molecule has 2 fully saturated rings. The first-order chi connectivity index (χ1) is 19.1. The first kappa shape index (κ1) is 29.0. The van der Waals surface area contributed by atoms with Crippen LogP contribution in [-0.2, 0) is 24.8 Å². The first-order valence-corrected chi connectivity index (χ1v) is 16.3. The maximum absolute atomic E-state index is 13.3. The molecule has 0 radical (unpaired) electrons. The molecule has 2 aromatic rings. The van der Waals surface area contributed by atoms with E-state index in [0.717, 1.165) is 6.42 Å². The van der Waals surface area contributed by atoms with Crippen LogP contribution in [0.5, 0.6) is 11.5 Å². The van der Waals surface area contributed by atoms with Crippen molar-refractivity contribution in [2.75, 3.05) is 58.4 Å². The second-order valence-corrected chi connectivity index (χ2v) is 14.1. The van der Waals surface area contributed by atoms with E-state index in [1.165, 1.54) is 23.5 Å². The molecule has 0 amide bonds. The van der Waals surface area contributed by atoms with Crippen LogP contribution in [0.1, 0.15) is 19.3 Å². The largest absolute Gasteiger partial charge is 0.491 e. The minimum atomic E-state index is -3.64. The second-order valence-electron chi connectivity index (χ2n) is 10.3. The molecule has 2 atom stereocenters. The van der Waals surface area contributed by atoms with Gasteiger partial charge in [-0.05, 0) is 56.6 Å². The molecule has 3 aliphatic heterocycles. The van der Waals surface area contributed by atoms with Gasteiger partial charge in [0.1, 0.15) is 30.8 Å². The van der Waals surface area contributed by atoms with E-state index < -0.39 is 31.8 Å². The van der Waals surface area contributed by atoms with E-state index in [0.29, 0.717) is 62.9 Å². The second kappa shape index (κ2) is 11.8. The highest BCUT2D eigenvalue weighted by Gasteiger charge is 2.44. The molecule has 2 saturated heterocycles. The van der Waals surface area contributed by atoms with Crippen LogP contribution in [-0.4, -0.2) is 97.0 Å². The quantitative estimate of drug-likeness (QED) is 0.309. The highest BCUT2D eigenvalue weighted by atomic mass is 32.2. The van der Waals surface area contributed by atoms with Gasteiger partial charge < -0.3 is 30.0 Å². The third-order valence-electron chi connectivity index (χ3n) is 7.58. The molecule has 0 saturated carbocycles. The molecule has 3 heterocycles. The topological polar surface area (TPSA) is 156 Å². The minimum Gasteiger partial charge on any atom is -0.491 e. The molecule has 220 valence electrons. The van der Waals surface area contributed by atoms with E-state index in [2.05, 4.69) is 15.4 Å². The van der Waals surface area contributed by atoms with Crippen molar-refractivity contribution < 1.29 is 36.2 Å². The molecular weight excluding hydrogens is 560 g/mol. The van der Waals surface area contributed by atoms with Crippen LogP contribution in [0.4, 0.5) is 5.69 Å². The first-order valence-electron chi connectivity index (χ1n) is 13.3. The normalized spacial score (nSPS) is 21.8. The number of hydrogen-bond donors (Lipinski definition) is 4. The zero-order valence-electron chi connectivity index (χ0n) is 22.3. The Labute approximate surface area is 235 Å². The third kappa shape index (κ3) is 6.38. The summed E-state index contributed by atoms with van der Waals surface area (Å²) in [7, 11) is -5.88. The Balaban J connectivity index is 1.08. The molecular formula is C26H36N4O8S2. The average Bonchev–Trinajstić information content (AvgIpc) is 3.37. The lowest BCUT2D eigenvalue weighted by Gasteiger charge is -2.38. The van der Waals surface area contributed by atoms with Crippen LogP contribution in [0.2, 0.25) is 0 Å². The number of sulfonamides is 2. The number of fused-ring (bicyclic) bond motifs is 1. The number of aliphatic hydroxyl groups excluding tert-OH is 1. The molecule has 12 nitrogen and oxygen atoms in total. The maximum atomic E-state index is 13.3. The van der Waals surface area contributed by atoms with E-state index in [-0.39, 0.29) is 29.0 Å². The van der Waals surface area contributed by atoms with Crippen molar-refractivity contribution in [1.29, 1.82) is 0 Å². The van der Waals surface area contributed by atoms with E-state index >= 15 is 0 Å². The fraction of sp³-hybridized carbons (Fsp3) is 0.538. The summed E-state index contributed by atoms with van der Waals surface area (Å²) in [5.74, 6) is 1.01. The SMILES string of the molecule is CNS(=O)(=O)c1cccc(OC[C@@H](O)CNC2COC3(CCN(S(=O)(=O)c4ccc5c(c4)NCCO5)CC3)C2)c1. The van der Waals surface area contributed by atoms with Gasteiger partial charge in [0, 0.05) is 38.3 Å². The van der Waals surface area contributed by atoms with Crippen LogP contribution in [0, 0.1) is 0 Å². The van der Waals surface area contributed by atoms with E-state index in [4.69, 9.17) is 14.2 Å². The Bertz CT molecular complexity index is 1410. The maximum Gasteiger partial charge on any atom is 0.243 e. The predicted octanol–water partition coefficient (Wildman–Crippen LogP) is 0.741. The van der Waals surface area contributed by atoms with Gasteiger partial charge >= 0.3 is 0 Å². The van der Waals surface area contributed by atoms with Crippen molar-refractivity contribution in [1.82, 2.24) is 14.3 Å². The van der Waals surface area contributed by atoms with Gasteiger partial charge in [-0.2, -0.15) is 4.31 Å². The predicted molar refractivity (Wildman–Crippen MR) is 148 cm³/mol. The zero-order chi connectivity index (χ0) is 28.4. The lowest BCUT2D eigenvalue weighted by atomic mass is 9.88. The monoisotopic (exact) mass is 596 g/mol. The van der Waals surface area contributed by atoms with Crippen LogP contribution in [0.3, 0.4) is 0 Å². The molecule has 0 aromatic heterocycles. The van der Waals surface area contributed by atoms with Gasteiger partial charge in [0.05, 0.1) is 27.7 Å². The number of benzene rings is 2. The summed E-state index contributed by atoms with van der Waals surface area (Å²) in [5, 5.41) is 16.9. The van der Waals surface area contributed by atoms with Crippen LogP contribution in [0.25, 0.3) is 0 Å². The number of hydrogen-bond acceptors (Lipinski definition) is 10. The van der Waals surface area contributed by atoms with E-state index in [9.17, 15) is 21.9 Å². The highest BCUT2D eigenvalue weighted by Crippen LogP contribution is 2.38. The summed E-state index contributed by atoms with van der Waals surface area (Å²) in [6, 6.07) is 11.0. The van der Waals surface area contributed by atoms with Crippen LogP contribution < -0.4 is 24.8 Å². The molecule has 1 spiro atoms. The van der Waals surface area contributed by atoms with Crippen molar-refractivity contribution in [3.63, 3.8) is 0 Å². The van der Waals surface area contributed by atoms with Gasteiger partial charge in [0.2, 0.25) is 20.0 Å². The fourth-order valence-electron chi connectivity index (χ4n) is 5.29. The molecule has 0 bridgehead atoms. The van der Waals surface area contributed by atoms with Gasteiger partial charge in [0.15, 0.2) is 0 Å². The van der Waals surface area contributed by atoms with Crippen LogP contribution in [0.15, 0.2) is 52.3 Å². The lowest BCUT2D eigenvalue weighted by Crippen LogP contribution is -2.47. The number of nitrogens with one attached hydrogen (secondary N) is 3. The van der Waals surface area contributed by atoms with Gasteiger partial charge in [-0.3, -0.25) is 0 Å². The average molecular weight is 597 g/mol. The molecule has 2 aromatic carbocycles. The summed E-state index contributed by atoms with van der Waals surface area (Å²) in [5.41, 5.74) is 0.298. The number of nitrogens with zero attached hydrogens (tertiary/aromatic N) is 1. The van der Waals surface area contributed by atoms with Gasteiger partial charge in [-0.15, -0.1) is 0 Å². The number of anilines is 1. The van der Waals surface area contributed by atoms with Crippen LogP contribution >= 0.6 is 0 Å². The summed E-state index contributed by atoms with van der Waals surface area (Å²) in [6.45, 7) is 2.66. The minimum absolute atomic E-state index is 0.00800. The Morgan fingerprint density at radius 1 is 1.15 bits per heavy atom. The van der Waals surface area contributed by atoms with Crippen molar-refractivity contribution in [3.8, 4) is 11.5 Å². The van der Waals surface area contributed by atoms with E-state index in [1.54, 1.807) is 30.3 Å². The summed E-state index contributed by atoms with van der Waals surface area (Å²) in [6.07, 6.45) is 1.09. The fourth-order valence-corrected chi connectivity index (χ4v) is 7.52. The lowest BCUT2D eigenvalue weighted by molar-refractivity contribution is -0.0312. The van der Waals surface area contributed by atoms with Crippen molar-refractivity contribution in [2.24, 2.45) is 0 Å². The van der Waals surface area contributed by atoms with E-state index in [1.807, 2.05) is 0 Å². The Morgan fingerprint density at radius 3 is 2.73 bits per heavy atom. The highest BCUT2D eigenvalue weighted by molar-refractivity contribution is 7.89. The standard InChI is InChI=1S/C26H36N4O8S2/c1-27-39(32,33)22-4-2-3-21(13-22)37-18-20(31)16-29-19-15-26(38-17-19)7-10-30(11-8-26)40(34,35)23-5-6-25-24(14-23)28-9-12-36-25/h2-6,13-14,19-20,27-29,31H,7-12,15-18H2,1H3/t19?,20-/m0/s1. The number of piperidine rings is 1. The zero-order valence-corrected chi connectivity index (χ0v) is 24.0. The smallest absolute Gasteiger partial charge is 0.243 e. The van der Waals surface area contributed by atoms with Crippen molar-refractivity contribution >= 4 is 25.7 Å². The molecule has 0 aliphatic carbocycles. The molecule has 5 rings (SSSR count). The van der Waals surface area contributed by atoms with Gasteiger partial charge in [-0.1, -0.05) is 6.07 Å². The third-order valence-corrected chi connectivity index (χ3v) is 10.9. The Kier molecular flexibility index (Phi) is 8.57. The molecule has 14 heteroatoms. The van der Waals surface area contributed by atoms with Crippen molar-refractivity contribution in [3.05, 3.63) is 42.5 Å². The summed E-state index contributed by atoms with van der Waals surface area (Å²) in [4.78, 5) is 0.334. The van der Waals surface area contributed by atoms with Gasteiger partial charge in [-0.25, -0.2) is 21.6 Å². The number of rotatable bonds is 10. The number of ether oxygens (including phenoxy) is 3.